The third kappa shape index (κ3) is 5.21. The highest BCUT2D eigenvalue weighted by Crippen LogP contribution is 2.33. The van der Waals surface area contributed by atoms with Crippen molar-refractivity contribution in [1.82, 2.24) is 24.7 Å². The number of hydrogen-bond donors (Lipinski definition) is 3. The number of benzene rings is 2. The number of nitrogen functional groups attached to an aromatic ring is 1. The van der Waals surface area contributed by atoms with E-state index in [4.69, 9.17) is 25.5 Å². The van der Waals surface area contributed by atoms with Crippen LogP contribution in [0.3, 0.4) is 0 Å². The molecular formula is C23H17F3N6O3. The molecule has 178 valence electrons. The van der Waals surface area contributed by atoms with Crippen LogP contribution in [-0.2, 0) is 4.79 Å². The van der Waals surface area contributed by atoms with E-state index in [1.807, 2.05) is 73.1 Å². The molecule has 0 aliphatic rings. The Labute approximate surface area is 195 Å². The molecule has 0 saturated heterocycles. The lowest BCUT2D eigenvalue weighted by molar-refractivity contribution is -0.192. The van der Waals surface area contributed by atoms with Gasteiger partial charge >= 0.3 is 12.1 Å². The predicted octanol–water partition coefficient (Wildman–Crippen LogP) is 4.82. The number of aromatic amines is 1. The number of halogens is 3. The van der Waals surface area contributed by atoms with Crippen molar-refractivity contribution >= 4 is 22.8 Å². The minimum atomic E-state index is -5.08. The lowest BCUT2D eigenvalue weighted by Gasteiger charge is -2.06. The van der Waals surface area contributed by atoms with Gasteiger partial charge in [-0.25, -0.2) is 19.4 Å². The molecule has 0 spiro atoms. The number of alkyl halides is 3. The number of nitrogens with one attached hydrogen (secondary N) is 1. The van der Waals surface area contributed by atoms with Crippen molar-refractivity contribution < 1.29 is 27.8 Å². The minimum absolute atomic E-state index is 0.395. The van der Waals surface area contributed by atoms with Gasteiger partial charge in [0.1, 0.15) is 29.3 Å². The molecule has 5 aromatic rings. The molecule has 0 aliphatic carbocycles. The number of rotatable bonds is 4. The number of para-hydroxylation sites is 1. The molecule has 3 heterocycles. The van der Waals surface area contributed by atoms with Crippen LogP contribution in [0.25, 0.3) is 28.0 Å². The van der Waals surface area contributed by atoms with Crippen LogP contribution in [0.1, 0.15) is 0 Å². The van der Waals surface area contributed by atoms with Crippen molar-refractivity contribution in [2.75, 3.05) is 5.73 Å². The minimum Gasteiger partial charge on any atom is -0.475 e. The highest BCUT2D eigenvalue weighted by Gasteiger charge is 2.38. The molecule has 35 heavy (non-hydrogen) atoms. The number of nitrogens with zero attached hydrogens (tertiary/aromatic N) is 4. The molecule has 2 aromatic carbocycles. The van der Waals surface area contributed by atoms with E-state index >= 15 is 0 Å². The first-order chi connectivity index (χ1) is 16.7. The Morgan fingerprint density at radius 3 is 2.26 bits per heavy atom. The number of fused-ring (bicyclic) bond motifs is 1. The summed E-state index contributed by atoms with van der Waals surface area (Å²) in [5, 5.41) is 12.6. The van der Waals surface area contributed by atoms with Gasteiger partial charge < -0.3 is 20.6 Å². The van der Waals surface area contributed by atoms with Crippen LogP contribution in [0.2, 0.25) is 0 Å². The maximum absolute atomic E-state index is 10.6. The molecule has 3 aromatic heterocycles. The van der Waals surface area contributed by atoms with Gasteiger partial charge in [-0.1, -0.05) is 18.2 Å². The average molecular weight is 482 g/mol. The molecule has 12 heteroatoms. The zero-order valence-electron chi connectivity index (χ0n) is 17.8. The topological polar surface area (TPSA) is 132 Å². The Hall–Kier alpha value is -4.87. The third-order valence-corrected chi connectivity index (χ3v) is 4.67. The van der Waals surface area contributed by atoms with E-state index in [1.165, 1.54) is 6.33 Å². The van der Waals surface area contributed by atoms with Gasteiger partial charge in [0.2, 0.25) is 0 Å². The van der Waals surface area contributed by atoms with E-state index in [2.05, 4.69) is 15.0 Å². The van der Waals surface area contributed by atoms with E-state index in [0.29, 0.717) is 11.5 Å². The van der Waals surface area contributed by atoms with Crippen LogP contribution in [0, 0.1) is 0 Å². The van der Waals surface area contributed by atoms with Crippen molar-refractivity contribution in [3.63, 3.8) is 0 Å². The van der Waals surface area contributed by atoms with Crippen LogP contribution in [-0.4, -0.2) is 42.0 Å². The monoisotopic (exact) mass is 482 g/mol. The predicted molar refractivity (Wildman–Crippen MR) is 121 cm³/mol. The molecule has 4 N–H and O–H groups in total. The molecule has 0 saturated carbocycles. The third-order valence-electron chi connectivity index (χ3n) is 4.67. The van der Waals surface area contributed by atoms with Gasteiger partial charge in [0.25, 0.3) is 0 Å². The number of aliphatic carboxylic acids is 1. The smallest absolute Gasteiger partial charge is 0.475 e. The Balaban J connectivity index is 0.000000364. The second-order valence-electron chi connectivity index (χ2n) is 7.03. The molecule has 0 fully saturated rings. The summed E-state index contributed by atoms with van der Waals surface area (Å²) in [4.78, 5) is 20.5. The number of carboxylic acid groups (broad SMARTS) is 1. The zero-order valence-corrected chi connectivity index (χ0v) is 17.8. The number of anilines is 1. The largest absolute Gasteiger partial charge is 0.490 e. The van der Waals surface area contributed by atoms with Crippen LogP contribution < -0.4 is 10.5 Å². The van der Waals surface area contributed by atoms with Crippen LogP contribution in [0.4, 0.5) is 19.0 Å². The Kier molecular flexibility index (Phi) is 6.36. The maximum atomic E-state index is 10.6. The van der Waals surface area contributed by atoms with E-state index in [0.717, 1.165) is 33.8 Å². The van der Waals surface area contributed by atoms with Gasteiger partial charge in [0, 0.05) is 18.0 Å². The molecular weight excluding hydrogens is 465 g/mol. The Bertz CT molecular complexity index is 1430. The average Bonchev–Trinajstić information content (AvgIpc) is 3.49. The van der Waals surface area contributed by atoms with Crippen molar-refractivity contribution in [3.8, 4) is 28.4 Å². The van der Waals surface area contributed by atoms with Crippen molar-refractivity contribution in [2.24, 2.45) is 0 Å². The van der Waals surface area contributed by atoms with Gasteiger partial charge in [-0.3, -0.25) is 0 Å². The summed E-state index contributed by atoms with van der Waals surface area (Å²) >= 11 is 0. The highest BCUT2D eigenvalue weighted by molar-refractivity contribution is 5.98. The number of carbonyl (C=O) groups is 1. The fraction of sp³-hybridized carbons (Fsp3) is 0.0435. The second-order valence-corrected chi connectivity index (χ2v) is 7.03. The normalized spacial score (nSPS) is 11.1. The van der Waals surface area contributed by atoms with Crippen LogP contribution in [0.15, 0.2) is 79.4 Å². The standard InChI is InChI=1S/C21H16N6O.C2HF3O2/c22-20-18-19(26-27(15-10-11-23-12-15)21(18)25-13-24-20)14-6-8-17(9-7-14)28-16-4-2-1-3-5-16;3-2(4,5)1(6)7/h1-13,23H,(H2,22,24,25);(H,6,7). The number of H-pyrrole nitrogens is 1. The van der Waals surface area contributed by atoms with Gasteiger partial charge in [0.15, 0.2) is 5.65 Å². The first-order valence-corrected chi connectivity index (χ1v) is 10.00. The lowest BCUT2D eigenvalue weighted by atomic mass is 10.1. The van der Waals surface area contributed by atoms with E-state index in [-0.39, 0.29) is 0 Å². The summed E-state index contributed by atoms with van der Waals surface area (Å²) in [6.45, 7) is 0. The molecule has 0 bridgehead atoms. The number of hydrogen-bond acceptors (Lipinski definition) is 6. The number of ether oxygens (including phenoxy) is 1. The summed E-state index contributed by atoms with van der Waals surface area (Å²) in [5.74, 6) is -0.831. The summed E-state index contributed by atoms with van der Waals surface area (Å²) in [6.07, 6.45) is 0.0528. The first-order valence-electron chi connectivity index (χ1n) is 10.00. The summed E-state index contributed by atoms with van der Waals surface area (Å²) < 4.78 is 39.4. The van der Waals surface area contributed by atoms with E-state index in [9.17, 15) is 13.2 Å². The van der Waals surface area contributed by atoms with Crippen molar-refractivity contribution in [2.45, 2.75) is 6.18 Å². The molecule has 5 rings (SSSR count). The van der Waals surface area contributed by atoms with Gasteiger partial charge in [-0.05, 0) is 42.5 Å². The molecule has 0 radical (unpaired) electrons. The fourth-order valence-corrected chi connectivity index (χ4v) is 3.11. The maximum Gasteiger partial charge on any atom is 0.490 e. The highest BCUT2D eigenvalue weighted by atomic mass is 19.4. The summed E-state index contributed by atoms with van der Waals surface area (Å²) in [7, 11) is 0. The Morgan fingerprint density at radius 1 is 1.00 bits per heavy atom. The van der Waals surface area contributed by atoms with Gasteiger partial charge in [-0.15, -0.1) is 0 Å². The van der Waals surface area contributed by atoms with Crippen molar-refractivity contribution in [1.29, 1.82) is 0 Å². The molecule has 0 aliphatic heterocycles. The molecule has 0 unspecified atom stereocenters. The molecule has 0 atom stereocenters. The van der Waals surface area contributed by atoms with E-state index in [1.54, 1.807) is 4.68 Å². The molecule has 9 nitrogen and oxygen atoms in total. The van der Waals surface area contributed by atoms with Gasteiger partial charge in [-0.2, -0.15) is 18.3 Å². The second kappa shape index (κ2) is 9.55. The van der Waals surface area contributed by atoms with Crippen LogP contribution >= 0.6 is 0 Å². The first kappa shape index (κ1) is 23.3. The molecule has 0 amide bonds. The zero-order chi connectivity index (χ0) is 25.0. The summed E-state index contributed by atoms with van der Waals surface area (Å²) in [5.41, 5.74) is 9.32. The SMILES string of the molecule is Nc1ncnc2c1c(-c1ccc(Oc3ccccc3)cc1)nn2-c1cc[nH]c1.O=C(O)C(F)(F)F. The van der Waals surface area contributed by atoms with E-state index < -0.39 is 12.1 Å². The lowest BCUT2D eigenvalue weighted by Crippen LogP contribution is -2.21. The number of aromatic nitrogens is 5. The number of carboxylic acids is 1. The quantitative estimate of drug-likeness (QED) is 0.335. The summed E-state index contributed by atoms with van der Waals surface area (Å²) in [6, 6.07) is 19.3. The van der Waals surface area contributed by atoms with Gasteiger partial charge in [0.05, 0.1) is 11.1 Å². The Morgan fingerprint density at radius 2 is 1.66 bits per heavy atom. The van der Waals surface area contributed by atoms with Crippen molar-refractivity contribution in [3.05, 3.63) is 79.4 Å². The fourth-order valence-electron chi connectivity index (χ4n) is 3.11. The van der Waals surface area contributed by atoms with Crippen LogP contribution in [0.5, 0.6) is 11.5 Å². The number of nitrogens with two attached hydrogens (primary N) is 1.